The third-order valence-corrected chi connectivity index (χ3v) is 5.39. The van der Waals surface area contributed by atoms with Gasteiger partial charge in [-0.25, -0.2) is 0 Å². The molecule has 0 nitrogen and oxygen atoms in total. The molecule has 3 aromatic rings. The van der Waals surface area contributed by atoms with E-state index < -0.39 is 0 Å². The lowest BCUT2D eigenvalue weighted by molar-refractivity contribution is 0.590. The fraction of sp³-hybridized carbons (Fsp3) is 0.417. The minimum absolute atomic E-state index is 0.180. The van der Waals surface area contributed by atoms with Gasteiger partial charge >= 0.3 is 0 Å². The van der Waals surface area contributed by atoms with E-state index in [9.17, 15) is 0 Å². The predicted molar refractivity (Wildman–Crippen MR) is 108 cm³/mol. The molecular weight excluding hydrogens is 288 g/mol. The van der Waals surface area contributed by atoms with Gasteiger partial charge in [-0.2, -0.15) is 0 Å². The standard InChI is InChI=1S/C24H30/c1-15-19-11-9-18(24(6,7)8)14-22(19)16(2)20-12-10-17(13-21(15)20)23(3,4)5/h9-14H,1-8H3. The van der Waals surface area contributed by atoms with E-state index >= 15 is 0 Å². The first-order chi connectivity index (χ1) is 11.0. The minimum atomic E-state index is 0.180. The molecular formula is C24H30. The molecule has 0 fully saturated rings. The minimum Gasteiger partial charge on any atom is -0.0579 e. The highest BCUT2D eigenvalue weighted by Gasteiger charge is 2.18. The summed E-state index contributed by atoms with van der Waals surface area (Å²) in [5.41, 5.74) is 5.97. The zero-order valence-corrected chi connectivity index (χ0v) is 16.5. The van der Waals surface area contributed by atoms with Gasteiger partial charge in [0, 0.05) is 0 Å². The molecule has 0 saturated carbocycles. The first kappa shape index (κ1) is 17.0. The van der Waals surface area contributed by atoms with Crippen LogP contribution < -0.4 is 0 Å². The summed E-state index contributed by atoms with van der Waals surface area (Å²) in [5, 5.41) is 5.57. The Morgan fingerprint density at radius 1 is 0.500 bits per heavy atom. The Hall–Kier alpha value is -1.82. The molecule has 0 saturated heterocycles. The highest BCUT2D eigenvalue weighted by molar-refractivity contribution is 6.05. The first-order valence-corrected chi connectivity index (χ1v) is 8.98. The van der Waals surface area contributed by atoms with Gasteiger partial charge in [0.25, 0.3) is 0 Å². The van der Waals surface area contributed by atoms with Crippen molar-refractivity contribution in [1.29, 1.82) is 0 Å². The summed E-state index contributed by atoms with van der Waals surface area (Å²) in [6, 6.07) is 14.0. The first-order valence-electron chi connectivity index (χ1n) is 8.98. The average molecular weight is 319 g/mol. The van der Waals surface area contributed by atoms with Crippen molar-refractivity contribution in [2.45, 2.75) is 66.2 Å². The monoisotopic (exact) mass is 318 g/mol. The van der Waals surface area contributed by atoms with E-state index in [4.69, 9.17) is 0 Å². The quantitative estimate of drug-likeness (QED) is 0.384. The van der Waals surface area contributed by atoms with E-state index in [-0.39, 0.29) is 10.8 Å². The molecule has 0 aromatic heterocycles. The van der Waals surface area contributed by atoms with Crippen LogP contribution in [0.1, 0.15) is 63.8 Å². The molecule has 0 amide bonds. The van der Waals surface area contributed by atoms with E-state index in [2.05, 4.69) is 91.8 Å². The summed E-state index contributed by atoms with van der Waals surface area (Å²) in [7, 11) is 0. The van der Waals surface area contributed by atoms with Crippen LogP contribution in [0.25, 0.3) is 21.5 Å². The second-order valence-corrected chi connectivity index (χ2v) is 9.27. The second kappa shape index (κ2) is 5.34. The van der Waals surface area contributed by atoms with E-state index in [0.717, 1.165) is 0 Å². The molecule has 3 rings (SSSR count). The molecule has 0 bridgehead atoms. The van der Waals surface area contributed by atoms with Gasteiger partial charge in [-0.15, -0.1) is 0 Å². The van der Waals surface area contributed by atoms with E-state index in [1.165, 1.54) is 43.8 Å². The van der Waals surface area contributed by atoms with Gasteiger partial charge in [0.2, 0.25) is 0 Å². The van der Waals surface area contributed by atoms with Crippen LogP contribution >= 0.6 is 0 Å². The van der Waals surface area contributed by atoms with Crippen molar-refractivity contribution >= 4 is 21.5 Å². The van der Waals surface area contributed by atoms with Gasteiger partial charge in [-0.1, -0.05) is 77.9 Å². The van der Waals surface area contributed by atoms with Crippen LogP contribution in [0, 0.1) is 13.8 Å². The largest absolute Gasteiger partial charge is 0.0579 e. The van der Waals surface area contributed by atoms with Crippen molar-refractivity contribution in [3.63, 3.8) is 0 Å². The lowest BCUT2D eigenvalue weighted by atomic mass is 9.82. The Kier molecular flexibility index (Phi) is 3.79. The van der Waals surface area contributed by atoms with Crippen molar-refractivity contribution in [1.82, 2.24) is 0 Å². The van der Waals surface area contributed by atoms with E-state index in [1.807, 2.05) is 0 Å². The number of fused-ring (bicyclic) bond motifs is 2. The molecule has 126 valence electrons. The van der Waals surface area contributed by atoms with Crippen LogP contribution in [0.5, 0.6) is 0 Å². The molecule has 0 aliphatic rings. The third-order valence-electron chi connectivity index (χ3n) is 5.39. The Morgan fingerprint density at radius 3 is 1.12 bits per heavy atom. The number of hydrogen-bond donors (Lipinski definition) is 0. The van der Waals surface area contributed by atoms with Crippen molar-refractivity contribution in [2.75, 3.05) is 0 Å². The van der Waals surface area contributed by atoms with Crippen LogP contribution in [-0.4, -0.2) is 0 Å². The van der Waals surface area contributed by atoms with Crippen molar-refractivity contribution < 1.29 is 0 Å². The molecule has 24 heavy (non-hydrogen) atoms. The van der Waals surface area contributed by atoms with Crippen LogP contribution in [0.3, 0.4) is 0 Å². The smallest absolute Gasteiger partial charge is 0.0132 e. The molecule has 0 heterocycles. The van der Waals surface area contributed by atoms with Crippen molar-refractivity contribution in [3.05, 3.63) is 58.7 Å². The topological polar surface area (TPSA) is 0 Å². The molecule has 0 heteroatoms. The van der Waals surface area contributed by atoms with Gasteiger partial charge in [0.05, 0.1) is 0 Å². The van der Waals surface area contributed by atoms with Gasteiger partial charge in [-0.3, -0.25) is 0 Å². The maximum absolute atomic E-state index is 2.40. The lowest BCUT2D eigenvalue weighted by Gasteiger charge is -2.23. The highest BCUT2D eigenvalue weighted by atomic mass is 14.2. The maximum atomic E-state index is 2.40. The van der Waals surface area contributed by atoms with Crippen LogP contribution in [0.2, 0.25) is 0 Å². The van der Waals surface area contributed by atoms with Gasteiger partial charge in [-0.05, 0) is 68.5 Å². The Balaban J connectivity index is 2.39. The summed E-state index contributed by atoms with van der Waals surface area (Å²) >= 11 is 0. The zero-order chi connectivity index (χ0) is 17.9. The number of benzene rings is 3. The van der Waals surface area contributed by atoms with Gasteiger partial charge in [0.1, 0.15) is 0 Å². The Labute approximate surface area is 146 Å². The number of rotatable bonds is 0. The lowest BCUT2D eigenvalue weighted by Crippen LogP contribution is -2.11. The van der Waals surface area contributed by atoms with Gasteiger partial charge in [0.15, 0.2) is 0 Å². The molecule has 3 aromatic carbocycles. The molecule has 0 atom stereocenters. The average Bonchev–Trinajstić information content (AvgIpc) is 2.49. The molecule has 0 N–H and O–H groups in total. The fourth-order valence-electron chi connectivity index (χ4n) is 3.59. The van der Waals surface area contributed by atoms with Crippen molar-refractivity contribution in [2.24, 2.45) is 0 Å². The second-order valence-electron chi connectivity index (χ2n) is 9.27. The number of aryl methyl sites for hydroxylation is 2. The molecule has 0 spiro atoms. The predicted octanol–water partition coefficient (Wildman–Crippen LogP) is 7.20. The summed E-state index contributed by atoms with van der Waals surface area (Å²) in [4.78, 5) is 0. The number of hydrogen-bond acceptors (Lipinski definition) is 0. The maximum Gasteiger partial charge on any atom is -0.0132 e. The molecule has 0 aliphatic heterocycles. The third kappa shape index (κ3) is 2.73. The summed E-state index contributed by atoms with van der Waals surface area (Å²) in [5.74, 6) is 0. The van der Waals surface area contributed by atoms with E-state index in [0.29, 0.717) is 0 Å². The van der Waals surface area contributed by atoms with Crippen LogP contribution in [0.4, 0.5) is 0 Å². The summed E-state index contributed by atoms with van der Waals surface area (Å²) in [6.45, 7) is 18.3. The summed E-state index contributed by atoms with van der Waals surface area (Å²) < 4.78 is 0. The summed E-state index contributed by atoms with van der Waals surface area (Å²) in [6.07, 6.45) is 0. The van der Waals surface area contributed by atoms with Crippen LogP contribution in [-0.2, 0) is 10.8 Å². The highest BCUT2D eigenvalue weighted by Crippen LogP contribution is 2.36. The molecule has 0 radical (unpaired) electrons. The van der Waals surface area contributed by atoms with Gasteiger partial charge < -0.3 is 0 Å². The van der Waals surface area contributed by atoms with E-state index in [1.54, 1.807) is 0 Å². The van der Waals surface area contributed by atoms with Crippen LogP contribution in [0.15, 0.2) is 36.4 Å². The SMILES string of the molecule is Cc1c2ccc(C(C)(C)C)cc2c(C)c2ccc(C(C)(C)C)cc12. The Bertz CT molecular complexity index is 849. The van der Waals surface area contributed by atoms with Crippen molar-refractivity contribution in [3.8, 4) is 0 Å². The Morgan fingerprint density at radius 2 is 0.833 bits per heavy atom. The molecule has 0 unspecified atom stereocenters. The normalized spacial score (nSPS) is 13.0. The fourth-order valence-corrected chi connectivity index (χ4v) is 3.59. The zero-order valence-electron chi connectivity index (χ0n) is 16.5. The molecule has 0 aliphatic carbocycles.